The van der Waals surface area contributed by atoms with Crippen molar-refractivity contribution in [3.8, 4) is 11.5 Å². The van der Waals surface area contributed by atoms with E-state index in [0.717, 1.165) is 12.8 Å². The van der Waals surface area contributed by atoms with E-state index in [1.54, 1.807) is 18.3 Å². The number of phenols is 1. The number of nitrogens with zero attached hydrogens (tertiary/aromatic N) is 4. The minimum Gasteiger partial charge on any atom is -0.504 e. The molecule has 1 atom stereocenters. The number of aromatic nitrogens is 3. The molecule has 0 unspecified atom stereocenters. The van der Waals surface area contributed by atoms with Gasteiger partial charge in [-0.1, -0.05) is 12.1 Å². The Hall–Kier alpha value is -4.18. The van der Waals surface area contributed by atoms with Crippen molar-refractivity contribution in [3.05, 3.63) is 53.6 Å². The topological polar surface area (TPSA) is 137 Å². The first kappa shape index (κ1) is 22.6. The van der Waals surface area contributed by atoms with Crippen LogP contribution in [0.1, 0.15) is 35.7 Å². The first-order valence-electron chi connectivity index (χ1n) is 11.5. The Balaban J connectivity index is 1.56. The quantitative estimate of drug-likeness (QED) is 0.350. The summed E-state index contributed by atoms with van der Waals surface area (Å²) in [6.07, 6.45) is 3.44. The Morgan fingerprint density at radius 3 is 2.86 bits per heavy atom. The summed E-state index contributed by atoms with van der Waals surface area (Å²) in [4.78, 5) is 22.6. The third kappa shape index (κ3) is 4.47. The Bertz CT molecular complexity index is 1420. The maximum absolute atomic E-state index is 13.2. The smallest absolute Gasteiger partial charge is 0.257 e. The number of benzene rings is 2. The number of para-hydroxylation sites is 2. The summed E-state index contributed by atoms with van der Waals surface area (Å²) < 4.78 is 12.5. The maximum Gasteiger partial charge on any atom is 0.257 e. The Kier molecular flexibility index (Phi) is 6.19. The van der Waals surface area contributed by atoms with E-state index in [2.05, 4.69) is 20.4 Å². The van der Waals surface area contributed by atoms with Crippen LogP contribution in [-0.2, 0) is 4.74 Å². The van der Waals surface area contributed by atoms with Gasteiger partial charge >= 0.3 is 0 Å². The van der Waals surface area contributed by atoms with Crippen LogP contribution in [0.3, 0.4) is 0 Å². The molecule has 0 bridgehead atoms. The molecular formula is C25H26N6O4. The van der Waals surface area contributed by atoms with Crippen LogP contribution in [0.5, 0.6) is 11.5 Å². The number of ether oxygens (including phenoxy) is 2. The number of rotatable bonds is 7. The van der Waals surface area contributed by atoms with E-state index in [9.17, 15) is 9.90 Å². The summed E-state index contributed by atoms with van der Waals surface area (Å²) in [6.45, 7) is 3.34. The number of nitrogens with two attached hydrogens (primary N) is 1. The number of nitrogens with one attached hydrogen (secondary N) is 1. The van der Waals surface area contributed by atoms with Crippen LogP contribution in [0.4, 0.5) is 5.82 Å². The van der Waals surface area contributed by atoms with Crippen LogP contribution < -0.4 is 15.8 Å². The lowest BCUT2D eigenvalue weighted by molar-refractivity contribution is 0.0859. The van der Waals surface area contributed by atoms with Gasteiger partial charge in [0, 0.05) is 13.2 Å². The second-order valence-electron chi connectivity index (χ2n) is 8.21. The second-order valence-corrected chi connectivity index (χ2v) is 8.21. The van der Waals surface area contributed by atoms with Crippen molar-refractivity contribution in [2.45, 2.75) is 25.9 Å². The molecule has 1 amide bonds. The van der Waals surface area contributed by atoms with E-state index >= 15 is 0 Å². The molecule has 1 aliphatic rings. The van der Waals surface area contributed by atoms with Crippen molar-refractivity contribution in [1.29, 1.82) is 0 Å². The lowest BCUT2D eigenvalue weighted by Gasteiger charge is -2.10. The number of phenolic OH excluding ortho intramolecular Hbond substituents is 1. The van der Waals surface area contributed by atoms with Gasteiger partial charge in [0.15, 0.2) is 17.1 Å². The van der Waals surface area contributed by atoms with Gasteiger partial charge in [-0.25, -0.2) is 9.97 Å². The van der Waals surface area contributed by atoms with Crippen LogP contribution in [-0.4, -0.2) is 57.7 Å². The molecule has 35 heavy (non-hydrogen) atoms. The van der Waals surface area contributed by atoms with E-state index in [-0.39, 0.29) is 29.1 Å². The van der Waals surface area contributed by atoms with Gasteiger partial charge in [-0.05, 0) is 55.7 Å². The zero-order valence-electron chi connectivity index (χ0n) is 19.3. The predicted molar refractivity (Wildman–Crippen MR) is 133 cm³/mol. The fourth-order valence-corrected chi connectivity index (χ4v) is 4.09. The van der Waals surface area contributed by atoms with Gasteiger partial charge in [0.05, 0.1) is 30.0 Å². The standard InChI is InChI=1S/C25H26N6O4/c1-2-34-20-12-15(9-10-19(20)32)13-28-31-23(26)21(25(33)27-14-16-6-5-11-35-16)22-24(31)30-18-8-4-3-7-17(18)29-22/h3-4,7-10,12-13,16,32H,2,5-6,11,14,26H2,1H3,(H,27,33)/b28-13+/t16-/m1/s1. The Morgan fingerprint density at radius 2 is 2.11 bits per heavy atom. The molecule has 1 aliphatic heterocycles. The van der Waals surface area contributed by atoms with Crippen LogP contribution in [0.25, 0.3) is 22.2 Å². The summed E-state index contributed by atoms with van der Waals surface area (Å²) in [6, 6.07) is 12.3. The molecule has 5 rings (SSSR count). The zero-order valence-corrected chi connectivity index (χ0v) is 19.3. The number of hydrogen-bond acceptors (Lipinski definition) is 8. The molecule has 0 saturated carbocycles. The predicted octanol–water partition coefficient (Wildman–Crippen LogP) is 3.06. The van der Waals surface area contributed by atoms with E-state index < -0.39 is 0 Å². The van der Waals surface area contributed by atoms with E-state index in [0.29, 0.717) is 53.3 Å². The van der Waals surface area contributed by atoms with Crippen LogP contribution >= 0.6 is 0 Å². The number of carbonyl (C=O) groups is 1. The van der Waals surface area contributed by atoms with Crippen molar-refractivity contribution in [2.75, 3.05) is 25.5 Å². The van der Waals surface area contributed by atoms with Gasteiger partial charge in [-0.3, -0.25) is 4.79 Å². The molecule has 1 fully saturated rings. The number of amides is 1. The highest BCUT2D eigenvalue weighted by molar-refractivity contribution is 6.10. The third-order valence-corrected chi connectivity index (χ3v) is 5.82. The summed E-state index contributed by atoms with van der Waals surface area (Å²) >= 11 is 0. The second kappa shape index (κ2) is 9.59. The molecule has 180 valence electrons. The number of fused-ring (bicyclic) bond motifs is 2. The lowest BCUT2D eigenvalue weighted by Crippen LogP contribution is -2.32. The highest BCUT2D eigenvalue weighted by Gasteiger charge is 2.25. The van der Waals surface area contributed by atoms with Crippen LogP contribution in [0, 0.1) is 0 Å². The molecule has 4 N–H and O–H groups in total. The van der Waals surface area contributed by atoms with Crippen molar-refractivity contribution >= 4 is 40.1 Å². The minimum absolute atomic E-state index is 0.00695. The molecule has 10 heteroatoms. The van der Waals surface area contributed by atoms with Crippen molar-refractivity contribution in [2.24, 2.45) is 5.10 Å². The van der Waals surface area contributed by atoms with Crippen molar-refractivity contribution < 1.29 is 19.4 Å². The SMILES string of the molecule is CCOc1cc(/C=N/n2c(N)c(C(=O)NC[C@H]3CCCO3)c3nc4ccccc4nc32)ccc1O. The largest absolute Gasteiger partial charge is 0.504 e. The molecule has 2 aromatic carbocycles. The molecule has 0 aliphatic carbocycles. The number of carbonyl (C=O) groups excluding carboxylic acids is 1. The molecule has 4 aromatic rings. The number of nitrogen functional groups attached to an aromatic ring is 1. The molecule has 2 aromatic heterocycles. The summed E-state index contributed by atoms with van der Waals surface area (Å²) in [5.41, 5.74) is 9.36. The Morgan fingerprint density at radius 1 is 1.31 bits per heavy atom. The summed E-state index contributed by atoms with van der Waals surface area (Å²) in [5, 5.41) is 17.4. The first-order valence-corrected chi connectivity index (χ1v) is 11.5. The van der Waals surface area contributed by atoms with Gasteiger partial charge in [-0.2, -0.15) is 9.78 Å². The summed E-state index contributed by atoms with van der Waals surface area (Å²) in [5.74, 6) is 0.157. The van der Waals surface area contributed by atoms with E-state index in [4.69, 9.17) is 15.2 Å². The molecule has 0 radical (unpaired) electrons. The fourth-order valence-electron chi connectivity index (χ4n) is 4.09. The highest BCUT2D eigenvalue weighted by Crippen LogP contribution is 2.29. The monoisotopic (exact) mass is 474 g/mol. The average Bonchev–Trinajstić information content (AvgIpc) is 3.47. The highest BCUT2D eigenvalue weighted by atomic mass is 16.5. The number of anilines is 1. The van der Waals surface area contributed by atoms with Crippen LogP contribution in [0.2, 0.25) is 0 Å². The third-order valence-electron chi connectivity index (χ3n) is 5.82. The van der Waals surface area contributed by atoms with E-state index in [1.165, 1.54) is 10.7 Å². The first-order chi connectivity index (χ1) is 17.0. The zero-order chi connectivity index (χ0) is 24.4. The lowest BCUT2D eigenvalue weighted by atomic mass is 10.2. The van der Waals surface area contributed by atoms with Gasteiger partial charge in [0.2, 0.25) is 0 Å². The van der Waals surface area contributed by atoms with Gasteiger partial charge in [0.25, 0.3) is 5.91 Å². The summed E-state index contributed by atoms with van der Waals surface area (Å²) in [7, 11) is 0. The molecular weight excluding hydrogens is 448 g/mol. The minimum atomic E-state index is -0.357. The normalized spacial score (nSPS) is 15.9. The van der Waals surface area contributed by atoms with E-state index in [1.807, 2.05) is 31.2 Å². The molecule has 1 saturated heterocycles. The average molecular weight is 475 g/mol. The maximum atomic E-state index is 13.2. The van der Waals surface area contributed by atoms with Gasteiger partial charge in [-0.15, -0.1) is 0 Å². The number of aromatic hydroxyl groups is 1. The molecule has 3 heterocycles. The van der Waals surface area contributed by atoms with Crippen LogP contribution in [0.15, 0.2) is 47.6 Å². The van der Waals surface area contributed by atoms with Gasteiger partial charge < -0.3 is 25.6 Å². The fraction of sp³-hybridized carbons (Fsp3) is 0.280. The molecule has 10 nitrogen and oxygen atoms in total. The molecule has 0 spiro atoms. The number of hydrogen-bond donors (Lipinski definition) is 3. The van der Waals surface area contributed by atoms with Crippen molar-refractivity contribution in [3.63, 3.8) is 0 Å². The Labute approximate surface area is 201 Å². The van der Waals surface area contributed by atoms with Gasteiger partial charge in [0.1, 0.15) is 16.9 Å². The van der Waals surface area contributed by atoms with Crippen molar-refractivity contribution in [1.82, 2.24) is 20.0 Å².